The first-order valence-electron chi connectivity index (χ1n) is 6.40. The van der Waals surface area contributed by atoms with Gasteiger partial charge in [0.1, 0.15) is 5.69 Å². The first-order chi connectivity index (χ1) is 9.52. The van der Waals surface area contributed by atoms with Crippen LogP contribution in [0.15, 0.2) is 30.6 Å². The molecule has 2 rings (SSSR count). The summed E-state index contributed by atoms with van der Waals surface area (Å²) in [4.78, 5) is 26.9. The molecule has 5 nitrogen and oxygen atoms in total. The highest BCUT2D eigenvalue weighted by Gasteiger charge is 2.15. The van der Waals surface area contributed by atoms with Crippen molar-refractivity contribution in [2.24, 2.45) is 0 Å². The highest BCUT2D eigenvalue weighted by molar-refractivity contribution is 5.97. The Morgan fingerprint density at radius 3 is 2.75 bits per heavy atom. The van der Waals surface area contributed by atoms with E-state index in [1.54, 1.807) is 17.0 Å². The van der Waals surface area contributed by atoms with Crippen LogP contribution in [0.3, 0.4) is 0 Å². The molecule has 104 valence electrons. The number of rotatable bonds is 5. The van der Waals surface area contributed by atoms with Gasteiger partial charge in [0.2, 0.25) is 0 Å². The van der Waals surface area contributed by atoms with Gasteiger partial charge in [0.25, 0.3) is 0 Å². The van der Waals surface area contributed by atoms with E-state index >= 15 is 0 Å². The largest absolute Gasteiger partial charge is 0.477 e. The predicted molar refractivity (Wildman–Crippen MR) is 74.1 cm³/mol. The summed E-state index contributed by atoms with van der Waals surface area (Å²) in [6.07, 6.45) is 4.08. The zero-order valence-electron chi connectivity index (χ0n) is 11.5. The van der Waals surface area contributed by atoms with Gasteiger partial charge in [0.15, 0.2) is 5.78 Å². The Morgan fingerprint density at radius 1 is 1.40 bits per heavy atom. The van der Waals surface area contributed by atoms with Gasteiger partial charge < -0.3 is 9.67 Å². The number of hydrogen-bond acceptors (Lipinski definition) is 3. The second-order valence-corrected chi connectivity index (χ2v) is 4.57. The molecule has 0 atom stereocenters. The van der Waals surface area contributed by atoms with Gasteiger partial charge in [-0.25, -0.2) is 4.79 Å². The first kappa shape index (κ1) is 14.0. The predicted octanol–water partition coefficient (Wildman–Crippen LogP) is 2.39. The number of aryl methyl sites for hydroxylation is 1. The average molecular weight is 272 g/mol. The van der Waals surface area contributed by atoms with E-state index in [1.165, 1.54) is 13.0 Å². The molecule has 0 spiro atoms. The third kappa shape index (κ3) is 2.77. The zero-order valence-corrected chi connectivity index (χ0v) is 11.5. The number of carbonyl (C=O) groups excluding carboxylic acids is 1. The Morgan fingerprint density at radius 2 is 2.15 bits per heavy atom. The van der Waals surface area contributed by atoms with Gasteiger partial charge in [-0.1, -0.05) is 13.0 Å². The smallest absolute Gasteiger partial charge is 0.352 e. The number of carboxylic acids is 1. The molecule has 5 heteroatoms. The second kappa shape index (κ2) is 5.69. The normalized spacial score (nSPS) is 10.5. The summed E-state index contributed by atoms with van der Waals surface area (Å²) in [6, 6.07) is 5.23. The molecule has 0 aliphatic rings. The van der Waals surface area contributed by atoms with Gasteiger partial charge in [0, 0.05) is 18.0 Å². The van der Waals surface area contributed by atoms with Crippen molar-refractivity contribution >= 4 is 11.8 Å². The maximum absolute atomic E-state index is 11.4. The fourth-order valence-electron chi connectivity index (χ4n) is 2.11. The molecule has 20 heavy (non-hydrogen) atoms. The molecule has 0 saturated heterocycles. The van der Waals surface area contributed by atoms with Gasteiger partial charge in [-0.2, -0.15) is 0 Å². The maximum atomic E-state index is 11.4. The van der Waals surface area contributed by atoms with Gasteiger partial charge in [-0.05, 0) is 31.0 Å². The van der Waals surface area contributed by atoms with Crippen LogP contribution >= 0.6 is 0 Å². The van der Waals surface area contributed by atoms with Gasteiger partial charge in [-0.15, -0.1) is 0 Å². The minimum atomic E-state index is -1.05. The van der Waals surface area contributed by atoms with Crippen LogP contribution < -0.4 is 0 Å². The van der Waals surface area contributed by atoms with Crippen molar-refractivity contribution in [1.82, 2.24) is 9.55 Å². The summed E-state index contributed by atoms with van der Waals surface area (Å²) in [5.74, 6) is -1.20. The van der Waals surface area contributed by atoms with Crippen LogP contribution in [0.5, 0.6) is 0 Å². The second-order valence-electron chi connectivity index (χ2n) is 4.57. The van der Waals surface area contributed by atoms with E-state index in [0.29, 0.717) is 12.1 Å². The van der Waals surface area contributed by atoms with E-state index in [-0.39, 0.29) is 11.5 Å². The summed E-state index contributed by atoms with van der Waals surface area (Å²) in [5.41, 5.74) is 2.39. The van der Waals surface area contributed by atoms with Crippen molar-refractivity contribution in [3.05, 3.63) is 53.1 Å². The summed E-state index contributed by atoms with van der Waals surface area (Å²) < 4.78 is 1.56. The van der Waals surface area contributed by atoms with Crippen molar-refractivity contribution in [3.8, 4) is 0 Å². The molecule has 1 N–H and O–H groups in total. The lowest BCUT2D eigenvalue weighted by Crippen LogP contribution is -2.10. The van der Waals surface area contributed by atoms with Crippen molar-refractivity contribution in [2.45, 2.75) is 26.8 Å². The fourth-order valence-corrected chi connectivity index (χ4v) is 2.11. The summed E-state index contributed by atoms with van der Waals surface area (Å²) in [7, 11) is 0. The van der Waals surface area contributed by atoms with E-state index in [1.807, 2.05) is 19.1 Å². The van der Waals surface area contributed by atoms with Crippen LogP contribution in [0.25, 0.3) is 0 Å². The zero-order chi connectivity index (χ0) is 14.7. The van der Waals surface area contributed by atoms with Crippen LogP contribution in [0.1, 0.15) is 46.0 Å². The maximum Gasteiger partial charge on any atom is 0.352 e. The Labute approximate surface area is 116 Å². The molecule has 0 unspecified atom stereocenters. The minimum Gasteiger partial charge on any atom is -0.477 e. The van der Waals surface area contributed by atoms with Crippen LogP contribution in [-0.4, -0.2) is 26.4 Å². The Hall–Kier alpha value is -2.43. The molecule has 0 aliphatic heterocycles. The summed E-state index contributed by atoms with van der Waals surface area (Å²) in [6.45, 7) is 3.79. The topological polar surface area (TPSA) is 72.2 Å². The van der Waals surface area contributed by atoms with Crippen molar-refractivity contribution in [3.63, 3.8) is 0 Å². The van der Waals surface area contributed by atoms with Crippen molar-refractivity contribution in [1.29, 1.82) is 0 Å². The van der Waals surface area contributed by atoms with Gasteiger partial charge >= 0.3 is 5.97 Å². The highest BCUT2D eigenvalue weighted by Crippen LogP contribution is 2.14. The first-order valence-corrected chi connectivity index (χ1v) is 6.40. The van der Waals surface area contributed by atoms with E-state index in [9.17, 15) is 14.7 Å². The standard InChI is InChI=1S/C15H16N2O3/c1-3-11-5-4-6-16-13(11)9-17-8-12(10(2)18)7-14(17)15(19)20/h4-8H,3,9H2,1-2H3,(H,19,20). The van der Waals surface area contributed by atoms with Crippen molar-refractivity contribution in [2.75, 3.05) is 0 Å². The van der Waals surface area contributed by atoms with E-state index in [2.05, 4.69) is 4.98 Å². The van der Waals surface area contributed by atoms with Crippen LogP contribution in [0.2, 0.25) is 0 Å². The van der Waals surface area contributed by atoms with Gasteiger partial charge in [-0.3, -0.25) is 9.78 Å². The van der Waals surface area contributed by atoms with E-state index in [4.69, 9.17) is 0 Å². The fraction of sp³-hybridized carbons (Fsp3) is 0.267. The number of aromatic carboxylic acids is 1. The highest BCUT2D eigenvalue weighted by atomic mass is 16.4. The molecule has 0 amide bonds. The molecule has 0 bridgehead atoms. The molecule has 0 aliphatic carbocycles. The van der Waals surface area contributed by atoms with Crippen LogP contribution in [0, 0.1) is 0 Å². The molecule has 0 radical (unpaired) electrons. The number of nitrogens with zero attached hydrogens (tertiary/aromatic N) is 2. The number of ketones is 1. The molecule has 0 saturated carbocycles. The number of carboxylic acid groups (broad SMARTS) is 1. The number of carbonyl (C=O) groups is 2. The lowest BCUT2D eigenvalue weighted by Gasteiger charge is -2.09. The minimum absolute atomic E-state index is 0.0999. The Balaban J connectivity index is 2.42. The van der Waals surface area contributed by atoms with E-state index in [0.717, 1.165) is 17.7 Å². The SMILES string of the molecule is CCc1cccnc1Cn1cc(C(C)=O)cc1C(=O)O. The molecule has 0 fully saturated rings. The summed E-state index contributed by atoms with van der Waals surface area (Å²) >= 11 is 0. The van der Waals surface area contributed by atoms with Gasteiger partial charge in [0.05, 0.1) is 12.2 Å². The summed E-state index contributed by atoms with van der Waals surface area (Å²) in [5, 5.41) is 9.21. The van der Waals surface area contributed by atoms with Crippen molar-refractivity contribution < 1.29 is 14.7 Å². The molecule has 0 aromatic carbocycles. The molecular weight excluding hydrogens is 256 g/mol. The number of aromatic nitrogens is 2. The third-order valence-corrected chi connectivity index (χ3v) is 3.21. The number of hydrogen-bond donors (Lipinski definition) is 1. The van der Waals surface area contributed by atoms with Crippen LogP contribution in [-0.2, 0) is 13.0 Å². The molecule has 2 aromatic rings. The number of Topliss-reactive ketones (excluding diaryl/α,β-unsaturated/α-hetero) is 1. The third-order valence-electron chi connectivity index (χ3n) is 3.21. The Bertz CT molecular complexity index is 659. The monoisotopic (exact) mass is 272 g/mol. The lowest BCUT2D eigenvalue weighted by molar-refractivity contribution is 0.0685. The lowest BCUT2D eigenvalue weighted by atomic mass is 10.1. The van der Waals surface area contributed by atoms with Crippen LogP contribution in [0.4, 0.5) is 0 Å². The Kier molecular flexibility index (Phi) is 3.98. The molecule has 2 heterocycles. The average Bonchev–Trinajstić information content (AvgIpc) is 2.84. The number of pyridine rings is 1. The molecule has 2 aromatic heterocycles. The quantitative estimate of drug-likeness (QED) is 0.848. The molecular formula is C15H16N2O3. The van der Waals surface area contributed by atoms with E-state index < -0.39 is 5.97 Å².